The fourth-order valence-electron chi connectivity index (χ4n) is 6.23. The molecule has 0 aromatic heterocycles. The van der Waals surface area contributed by atoms with Gasteiger partial charge in [-0.1, -0.05) is 68.7 Å². The van der Waals surface area contributed by atoms with Gasteiger partial charge in [0.15, 0.2) is 0 Å². The molecule has 0 radical (unpaired) electrons. The van der Waals surface area contributed by atoms with E-state index in [4.69, 9.17) is 5.11 Å². The lowest BCUT2D eigenvalue weighted by Gasteiger charge is -2.28. The first kappa shape index (κ1) is 25.7. The van der Waals surface area contributed by atoms with Crippen molar-refractivity contribution in [1.82, 2.24) is 0 Å². The summed E-state index contributed by atoms with van der Waals surface area (Å²) in [7, 11) is 0. The zero-order valence-corrected chi connectivity index (χ0v) is 21.4. The van der Waals surface area contributed by atoms with Crippen molar-refractivity contribution in [3.8, 4) is 11.1 Å². The lowest BCUT2D eigenvalue weighted by molar-refractivity contribution is -0.138. The van der Waals surface area contributed by atoms with Gasteiger partial charge in [-0.15, -0.1) is 0 Å². The third-order valence-corrected chi connectivity index (χ3v) is 8.49. The number of rotatable bonds is 10. The molecule has 3 nitrogen and oxygen atoms in total. The number of hydrogen-bond acceptors (Lipinski definition) is 2. The predicted octanol–water partition coefficient (Wildman–Crippen LogP) is 8.14. The monoisotopic (exact) mass is 474 g/mol. The molecular formula is C32H42O3. The predicted molar refractivity (Wildman–Crippen MR) is 143 cm³/mol. The topological polar surface area (TPSA) is 54.4 Å². The Morgan fingerprint density at radius 3 is 2.17 bits per heavy atom. The molecule has 2 aromatic carbocycles. The van der Waals surface area contributed by atoms with Gasteiger partial charge in [0.25, 0.3) is 0 Å². The molecule has 2 aliphatic rings. The first-order valence-electron chi connectivity index (χ1n) is 14.0. The second-order valence-corrected chi connectivity index (χ2v) is 11.0. The second kappa shape index (κ2) is 12.5. The van der Waals surface area contributed by atoms with Crippen LogP contribution in [0.15, 0.2) is 42.5 Å². The highest BCUT2D eigenvalue weighted by atomic mass is 16.4. The highest BCUT2D eigenvalue weighted by Gasteiger charge is 2.24. The smallest absolute Gasteiger partial charge is 0.303 e. The van der Waals surface area contributed by atoms with Gasteiger partial charge >= 0.3 is 5.97 Å². The summed E-state index contributed by atoms with van der Waals surface area (Å²) in [6.07, 6.45) is 14.0. The number of hydrogen-bond donors (Lipinski definition) is 1. The summed E-state index contributed by atoms with van der Waals surface area (Å²) in [5, 5.41) is 9.05. The average molecular weight is 475 g/mol. The molecule has 4 rings (SSSR count). The highest BCUT2D eigenvalue weighted by molar-refractivity contribution is 5.81. The number of unbranched alkanes of at least 4 members (excludes halogenated alkanes) is 3. The maximum Gasteiger partial charge on any atom is 0.303 e. The lowest BCUT2D eigenvalue weighted by atomic mass is 9.77. The van der Waals surface area contributed by atoms with Crippen LogP contribution in [0.5, 0.6) is 0 Å². The number of fused-ring (bicyclic) bond motifs is 1. The van der Waals surface area contributed by atoms with Crippen LogP contribution < -0.4 is 0 Å². The van der Waals surface area contributed by atoms with Crippen LogP contribution in [0.3, 0.4) is 0 Å². The van der Waals surface area contributed by atoms with Crippen molar-refractivity contribution in [1.29, 1.82) is 0 Å². The molecule has 0 spiro atoms. The number of carboxylic acid groups (broad SMARTS) is 1. The first-order chi connectivity index (χ1) is 17.0. The van der Waals surface area contributed by atoms with Crippen LogP contribution in [0.2, 0.25) is 0 Å². The van der Waals surface area contributed by atoms with Gasteiger partial charge in [-0.2, -0.15) is 0 Å². The van der Waals surface area contributed by atoms with Crippen molar-refractivity contribution in [2.24, 2.45) is 11.8 Å². The molecule has 1 N–H and O–H groups in total. The minimum absolute atomic E-state index is 0.234. The minimum Gasteiger partial charge on any atom is -0.481 e. The summed E-state index contributed by atoms with van der Waals surface area (Å²) in [5.74, 6) is 0.957. The summed E-state index contributed by atoms with van der Waals surface area (Å²) in [6.45, 7) is 2.21. The Morgan fingerprint density at radius 1 is 0.800 bits per heavy atom. The van der Waals surface area contributed by atoms with E-state index in [9.17, 15) is 9.59 Å². The molecular weight excluding hydrogens is 432 g/mol. The van der Waals surface area contributed by atoms with Gasteiger partial charge < -0.3 is 5.11 Å². The van der Waals surface area contributed by atoms with Crippen LogP contribution in [0.4, 0.5) is 0 Å². The van der Waals surface area contributed by atoms with Crippen molar-refractivity contribution in [3.05, 3.63) is 59.2 Å². The number of carbonyl (C=O) groups is 2. The van der Waals surface area contributed by atoms with Gasteiger partial charge in [-0.3, -0.25) is 9.59 Å². The number of aryl methyl sites for hydroxylation is 2. The molecule has 1 atom stereocenters. The molecule has 0 amide bonds. The molecule has 1 fully saturated rings. The maximum absolute atomic E-state index is 12.8. The van der Waals surface area contributed by atoms with E-state index in [1.54, 1.807) is 0 Å². The number of aliphatic carboxylic acids is 1. The Labute approximate surface area is 211 Å². The number of Topliss-reactive ketones (excluding diaryl/α,β-unsaturated/α-hetero) is 1. The molecule has 0 aliphatic heterocycles. The van der Waals surface area contributed by atoms with Crippen LogP contribution in [0.1, 0.15) is 107 Å². The fraction of sp³-hybridized carbons (Fsp3) is 0.562. The molecule has 1 saturated carbocycles. The van der Waals surface area contributed by atoms with Crippen molar-refractivity contribution in [2.45, 2.75) is 103 Å². The van der Waals surface area contributed by atoms with Crippen molar-refractivity contribution in [2.75, 3.05) is 0 Å². The first-order valence-corrected chi connectivity index (χ1v) is 14.0. The van der Waals surface area contributed by atoms with Gasteiger partial charge in [0, 0.05) is 18.8 Å². The SMILES string of the molecule is CCCCCCC(=O)C1CCc2ccc(-c3ccc(C4CCC(CC(=O)O)CC4)cc3)cc2CC1. The van der Waals surface area contributed by atoms with E-state index in [-0.39, 0.29) is 5.92 Å². The molecule has 0 heterocycles. The molecule has 0 saturated heterocycles. The molecule has 2 aromatic rings. The van der Waals surface area contributed by atoms with Crippen molar-refractivity contribution in [3.63, 3.8) is 0 Å². The zero-order chi connectivity index (χ0) is 24.6. The molecule has 35 heavy (non-hydrogen) atoms. The summed E-state index contributed by atoms with van der Waals surface area (Å²) in [5.41, 5.74) is 6.75. The van der Waals surface area contributed by atoms with Crippen molar-refractivity contribution < 1.29 is 14.7 Å². The minimum atomic E-state index is -0.664. The van der Waals surface area contributed by atoms with E-state index in [1.165, 1.54) is 47.1 Å². The largest absolute Gasteiger partial charge is 0.481 e. The van der Waals surface area contributed by atoms with E-state index in [0.29, 0.717) is 24.0 Å². The maximum atomic E-state index is 12.8. The van der Waals surface area contributed by atoms with E-state index in [0.717, 1.165) is 64.2 Å². The zero-order valence-electron chi connectivity index (χ0n) is 21.4. The third-order valence-electron chi connectivity index (χ3n) is 8.49. The Balaban J connectivity index is 1.34. The number of carbonyl (C=O) groups excluding carboxylic acids is 1. The van der Waals surface area contributed by atoms with Crippen LogP contribution in [-0.4, -0.2) is 16.9 Å². The van der Waals surface area contributed by atoms with Crippen molar-refractivity contribution >= 4 is 11.8 Å². The molecule has 3 heteroatoms. The Hall–Kier alpha value is -2.42. The second-order valence-electron chi connectivity index (χ2n) is 11.0. The Bertz CT molecular complexity index is 982. The summed E-state index contributed by atoms with van der Waals surface area (Å²) >= 11 is 0. The molecule has 2 aliphatic carbocycles. The van der Waals surface area contributed by atoms with E-state index in [1.807, 2.05) is 0 Å². The van der Waals surface area contributed by atoms with Gasteiger partial charge in [0.2, 0.25) is 0 Å². The third kappa shape index (κ3) is 7.06. The average Bonchev–Trinajstić information content (AvgIpc) is 3.09. The molecule has 1 unspecified atom stereocenters. The summed E-state index contributed by atoms with van der Waals surface area (Å²) < 4.78 is 0. The number of benzene rings is 2. The summed E-state index contributed by atoms with van der Waals surface area (Å²) in [6, 6.07) is 15.9. The van der Waals surface area contributed by atoms with Crippen LogP contribution in [0.25, 0.3) is 11.1 Å². The number of ketones is 1. The van der Waals surface area contributed by atoms with E-state index < -0.39 is 5.97 Å². The standard InChI is InChI=1S/C32H42O3/c1-2-3-4-5-6-31(33)28-17-15-27-16-19-29(22-30(27)20-18-28)26-13-11-25(12-14-26)24-9-7-23(8-10-24)21-32(34)35/h11-14,16,19,22-24,28H,2-10,15,17-18,20-21H2,1H3,(H,34,35). The van der Waals surface area contributed by atoms with E-state index in [2.05, 4.69) is 49.4 Å². The molecule has 188 valence electrons. The number of carboxylic acids is 1. The Kier molecular flexibility index (Phi) is 9.18. The van der Waals surface area contributed by atoms with Gasteiger partial charge in [0.1, 0.15) is 5.78 Å². The van der Waals surface area contributed by atoms with Crippen LogP contribution in [-0.2, 0) is 22.4 Å². The van der Waals surface area contributed by atoms with Crippen LogP contribution >= 0.6 is 0 Å². The van der Waals surface area contributed by atoms with Gasteiger partial charge in [0.05, 0.1) is 0 Å². The fourth-order valence-corrected chi connectivity index (χ4v) is 6.23. The quantitative estimate of drug-likeness (QED) is 0.279. The van der Waals surface area contributed by atoms with E-state index >= 15 is 0 Å². The van der Waals surface area contributed by atoms with Gasteiger partial charge in [-0.25, -0.2) is 0 Å². The lowest BCUT2D eigenvalue weighted by Crippen LogP contribution is -2.16. The highest BCUT2D eigenvalue weighted by Crippen LogP contribution is 2.38. The molecule has 0 bridgehead atoms. The van der Waals surface area contributed by atoms with Gasteiger partial charge in [-0.05, 0) is 97.4 Å². The Morgan fingerprint density at radius 2 is 1.49 bits per heavy atom. The summed E-state index contributed by atoms with van der Waals surface area (Å²) in [4.78, 5) is 23.7. The van der Waals surface area contributed by atoms with Crippen LogP contribution in [0, 0.1) is 11.8 Å². The normalized spacial score (nSPS) is 22.3.